The molecule has 1 aliphatic carbocycles. The summed E-state index contributed by atoms with van der Waals surface area (Å²) in [5, 5.41) is 12.8. The minimum atomic E-state index is -0.185. The number of carbonyl (C=O) groups is 1. The number of carbonyl (C=O) groups excluding carboxylic acids is 1. The van der Waals surface area contributed by atoms with Crippen molar-refractivity contribution in [3.05, 3.63) is 23.8 Å². The number of rotatable bonds is 3. The number of anilines is 2. The molecule has 1 aliphatic heterocycles. The number of aliphatic hydroxyl groups excluding tert-OH is 1. The molecule has 1 aromatic rings. The van der Waals surface area contributed by atoms with Crippen molar-refractivity contribution in [3.8, 4) is 0 Å². The van der Waals surface area contributed by atoms with Crippen LogP contribution in [0, 0.1) is 18.8 Å². The molecule has 1 saturated carbocycles. The zero-order valence-electron chi connectivity index (χ0n) is 12.4. The van der Waals surface area contributed by atoms with Crippen LogP contribution in [0.25, 0.3) is 0 Å². The number of nitrogens with two attached hydrogens (primary N) is 1. The molecule has 3 atom stereocenters. The van der Waals surface area contributed by atoms with Crippen LogP contribution in [0.15, 0.2) is 18.2 Å². The number of nitrogen functional groups attached to an aromatic ring is 1. The Bertz CT molecular complexity index is 526. The van der Waals surface area contributed by atoms with Crippen LogP contribution in [0.5, 0.6) is 0 Å². The molecular weight excluding hydrogens is 266 g/mol. The minimum absolute atomic E-state index is 0.0366. The van der Waals surface area contributed by atoms with Gasteiger partial charge in [0.25, 0.3) is 0 Å². The lowest BCUT2D eigenvalue weighted by atomic mass is 10.00. The van der Waals surface area contributed by atoms with Gasteiger partial charge in [-0.15, -0.1) is 0 Å². The predicted molar refractivity (Wildman–Crippen MR) is 82.9 cm³/mol. The van der Waals surface area contributed by atoms with Gasteiger partial charge in [0.05, 0.1) is 24.0 Å². The molecule has 4 N–H and O–H groups in total. The number of para-hydroxylation sites is 1. The van der Waals surface area contributed by atoms with Gasteiger partial charge < -0.3 is 16.2 Å². The smallest absolute Gasteiger partial charge is 0.238 e. The van der Waals surface area contributed by atoms with Gasteiger partial charge in [-0.2, -0.15) is 0 Å². The number of fused-ring (bicyclic) bond motifs is 1. The van der Waals surface area contributed by atoms with E-state index in [0.29, 0.717) is 29.8 Å². The van der Waals surface area contributed by atoms with Crippen molar-refractivity contribution < 1.29 is 9.90 Å². The maximum atomic E-state index is 12.2. The van der Waals surface area contributed by atoms with Gasteiger partial charge >= 0.3 is 0 Å². The summed E-state index contributed by atoms with van der Waals surface area (Å²) >= 11 is 0. The predicted octanol–water partition coefficient (Wildman–Crippen LogP) is 1.22. The van der Waals surface area contributed by atoms with Crippen molar-refractivity contribution in [1.29, 1.82) is 0 Å². The zero-order chi connectivity index (χ0) is 15.0. The highest BCUT2D eigenvalue weighted by Crippen LogP contribution is 2.37. The van der Waals surface area contributed by atoms with Gasteiger partial charge in [0, 0.05) is 19.0 Å². The van der Waals surface area contributed by atoms with Gasteiger partial charge in [0.2, 0.25) is 5.91 Å². The molecule has 114 valence electrons. The fraction of sp³-hybridized carbons (Fsp3) is 0.562. The standard InChI is InChI=1S/C16H23N3O2/c1-10-3-2-4-13(17)16(10)18-15(21)9-19-7-11-5-6-14(20)12(11)8-19/h2-4,11-12,14,20H,5-9,17H2,1H3,(H,18,21). The number of amides is 1. The van der Waals surface area contributed by atoms with E-state index in [0.717, 1.165) is 31.5 Å². The SMILES string of the molecule is Cc1cccc(N)c1NC(=O)CN1CC2CCC(O)C2C1. The molecule has 1 amide bonds. The number of likely N-dealkylation sites (tertiary alicyclic amines) is 1. The number of benzene rings is 1. The summed E-state index contributed by atoms with van der Waals surface area (Å²) in [5.74, 6) is 0.864. The normalized spacial score (nSPS) is 28.6. The first kappa shape index (κ1) is 14.4. The molecule has 5 nitrogen and oxygen atoms in total. The Morgan fingerprint density at radius 2 is 2.24 bits per heavy atom. The van der Waals surface area contributed by atoms with Crippen molar-refractivity contribution in [2.75, 3.05) is 30.7 Å². The topological polar surface area (TPSA) is 78.6 Å². The van der Waals surface area contributed by atoms with E-state index in [9.17, 15) is 9.90 Å². The molecule has 1 heterocycles. The van der Waals surface area contributed by atoms with E-state index in [1.165, 1.54) is 0 Å². The first-order valence-corrected chi connectivity index (χ1v) is 7.60. The Kier molecular flexibility index (Phi) is 3.87. The second kappa shape index (κ2) is 5.66. The summed E-state index contributed by atoms with van der Waals surface area (Å²) in [6, 6.07) is 5.60. The highest BCUT2D eigenvalue weighted by Gasteiger charge is 2.42. The number of aryl methyl sites for hydroxylation is 1. The van der Waals surface area contributed by atoms with Gasteiger partial charge in [-0.3, -0.25) is 9.69 Å². The van der Waals surface area contributed by atoms with Crippen LogP contribution in [-0.2, 0) is 4.79 Å². The van der Waals surface area contributed by atoms with E-state index in [1.54, 1.807) is 6.07 Å². The van der Waals surface area contributed by atoms with Crippen LogP contribution < -0.4 is 11.1 Å². The van der Waals surface area contributed by atoms with E-state index in [-0.39, 0.29) is 12.0 Å². The summed E-state index contributed by atoms with van der Waals surface area (Å²) in [7, 11) is 0. The third kappa shape index (κ3) is 2.89. The van der Waals surface area contributed by atoms with Crippen molar-refractivity contribution in [3.63, 3.8) is 0 Å². The molecule has 1 aromatic carbocycles. The first-order valence-electron chi connectivity index (χ1n) is 7.60. The monoisotopic (exact) mass is 289 g/mol. The molecule has 3 rings (SSSR count). The second-order valence-electron chi connectivity index (χ2n) is 6.35. The second-order valence-corrected chi connectivity index (χ2v) is 6.35. The molecule has 5 heteroatoms. The average Bonchev–Trinajstić information content (AvgIpc) is 2.97. The molecule has 21 heavy (non-hydrogen) atoms. The quantitative estimate of drug-likeness (QED) is 0.731. The summed E-state index contributed by atoms with van der Waals surface area (Å²) in [4.78, 5) is 14.3. The Balaban J connectivity index is 1.58. The van der Waals surface area contributed by atoms with Crippen LogP contribution in [0.4, 0.5) is 11.4 Å². The number of hydrogen-bond donors (Lipinski definition) is 3. The molecule has 1 saturated heterocycles. The molecular formula is C16H23N3O2. The van der Waals surface area contributed by atoms with E-state index >= 15 is 0 Å². The summed E-state index contributed by atoms with van der Waals surface area (Å²) in [6.45, 7) is 4.04. The number of aliphatic hydroxyl groups is 1. The number of nitrogens with zero attached hydrogens (tertiary/aromatic N) is 1. The van der Waals surface area contributed by atoms with Crippen LogP contribution >= 0.6 is 0 Å². The minimum Gasteiger partial charge on any atom is -0.397 e. The van der Waals surface area contributed by atoms with Gasteiger partial charge in [-0.25, -0.2) is 0 Å². The first-order chi connectivity index (χ1) is 10.0. The van der Waals surface area contributed by atoms with Crippen LogP contribution in [0.3, 0.4) is 0 Å². The highest BCUT2D eigenvalue weighted by atomic mass is 16.3. The molecule has 0 bridgehead atoms. The molecule has 0 aromatic heterocycles. The number of nitrogens with one attached hydrogen (secondary N) is 1. The Morgan fingerprint density at radius 1 is 1.43 bits per heavy atom. The molecule has 2 aliphatic rings. The Labute approximate surface area is 125 Å². The molecule has 0 spiro atoms. The third-order valence-electron chi connectivity index (χ3n) is 4.83. The fourth-order valence-corrected chi connectivity index (χ4v) is 3.70. The largest absolute Gasteiger partial charge is 0.397 e. The van der Waals surface area contributed by atoms with Crippen LogP contribution in [0.1, 0.15) is 18.4 Å². The number of hydrogen-bond acceptors (Lipinski definition) is 4. The van der Waals surface area contributed by atoms with Gasteiger partial charge in [-0.05, 0) is 37.3 Å². The highest BCUT2D eigenvalue weighted by molar-refractivity contribution is 5.96. The van der Waals surface area contributed by atoms with Crippen molar-refractivity contribution in [1.82, 2.24) is 4.90 Å². The molecule has 3 unspecified atom stereocenters. The lowest BCUT2D eigenvalue weighted by molar-refractivity contribution is -0.117. The van der Waals surface area contributed by atoms with E-state index < -0.39 is 0 Å². The van der Waals surface area contributed by atoms with E-state index in [2.05, 4.69) is 10.2 Å². The van der Waals surface area contributed by atoms with Crippen molar-refractivity contribution >= 4 is 17.3 Å². The van der Waals surface area contributed by atoms with E-state index in [4.69, 9.17) is 5.73 Å². The Hall–Kier alpha value is -1.59. The third-order valence-corrected chi connectivity index (χ3v) is 4.83. The summed E-state index contributed by atoms with van der Waals surface area (Å²) in [6.07, 6.45) is 1.80. The maximum absolute atomic E-state index is 12.2. The fourth-order valence-electron chi connectivity index (χ4n) is 3.70. The Morgan fingerprint density at radius 3 is 2.95 bits per heavy atom. The van der Waals surface area contributed by atoms with Crippen LogP contribution in [-0.4, -0.2) is 41.7 Å². The van der Waals surface area contributed by atoms with Crippen molar-refractivity contribution in [2.24, 2.45) is 11.8 Å². The van der Waals surface area contributed by atoms with Gasteiger partial charge in [-0.1, -0.05) is 12.1 Å². The van der Waals surface area contributed by atoms with Gasteiger partial charge in [0.1, 0.15) is 0 Å². The molecule has 0 radical (unpaired) electrons. The summed E-state index contributed by atoms with van der Waals surface area (Å²) < 4.78 is 0. The van der Waals surface area contributed by atoms with Gasteiger partial charge in [0.15, 0.2) is 0 Å². The lowest BCUT2D eigenvalue weighted by Gasteiger charge is -2.18. The summed E-state index contributed by atoms with van der Waals surface area (Å²) in [5.41, 5.74) is 8.18. The lowest BCUT2D eigenvalue weighted by Crippen LogP contribution is -2.33. The molecule has 2 fully saturated rings. The van der Waals surface area contributed by atoms with E-state index in [1.807, 2.05) is 19.1 Å². The van der Waals surface area contributed by atoms with Crippen LogP contribution in [0.2, 0.25) is 0 Å². The van der Waals surface area contributed by atoms with Crippen molar-refractivity contribution in [2.45, 2.75) is 25.9 Å². The average molecular weight is 289 g/mol. The maximum Gasteiger partial charge on any atom is 0.238 e. The zero-order valence-corrected chi connectivity index (χ0v) is 12.4.